The van der Waals surface area contributed by atoms with Crippen molar-refractivity contribution in [1.29, 1.82) is 0 Å². The monoisotopic (exact) mass is 366 g/mol. The number of benzene rings is 2. The molecule has 27 heavy (non-hydrogen) atoms. The third kappa shape index (κ3) is 5.28. The molecule has 0 saturated heterocycles. The van der Waals surface area contributed by atoms with Crippen LogP contribution in [0, 0.1) is 5.82 Å². The molecule has 2 aromatic carbocycles. The van der Waals surface area contributed by atoms with Gasteiger partial charge in [-0.25, -0.2) is 4.39 Å². The molecule has 0 unspecified atom stereocenters. The number of anilines is 1. The molecule has 5 nitrogen and oxygen atoms in total. The normalized spacial score (nSPS) is 10.4. The first-order valence-electron chi connectivity index (χ1n) is 8.56. The zero-order valence-electron chi connectivity index (χ0n) is 14.6. The van der Waals surface area contributed by atoms with Crippen LogP contribution < -0.4 is 10.6 Å². The standard InChI is InChI=1S/C21H19FN2O3/c22-18-5-2-1-4-16(18)9-12-20(25)23-14-15-7-10-17(11-8-15)24-21(26)19-6-3-13-27-19/h1-8,10-11,13H,9,12,14H2,(H,23,25)(H,24,26). The highest BCUT2D eigenvalue weighted by Crippen LogP contribution is 2.12. The van der Waals surface area contributed by atoms with E-state index in [2.05, 4.69) is 10.6 Å². The van der Waals surface area contributed by atoms with Crippen molar-refractivity contribution in [1.82, 2.24) is 5.32 Å². The van der Waals surface area contributed by atoms with Gasteiger partial charge in [-0.3, -0.25) is 9.59 Å². The van der Waals surface area contributed by atoms with Gasteiger partial charge in [0.1, 0.15) is 5.82 Å². The van der Waals surface area contributed by atoms with Crippen molar-refractivity contribution in [3.63, 3.8) is 0 Å². The van der Waals surface area contributed by atoms with E-state index in [0.29, 0.717) is 24.2 Å². The summed E-state index contributed by atoms with van der Waals surface area (Å²) in [5, 5.41) is 5.53. The Bertz CT molecular complexity index is 905. The number of halogens is 1. The van der Waals surface area contributed by atoms with Crippen LogP contribution in [0.1, 0.15) is 28.1 Å². The highest BCUT2D eigenvalue weighted by molar-refractivity contribution is 6.02. The lowest BCUT2D eigenvalue weighted by atomic mass is 10.1. The molecule has 138 valence electrons. The average Bonchev–Trinajstić information content (AvgIpc) is 3.22. The highest BCUT2D eigenvalue weighted by Gasteiger charge is 2.09. The van der Waals surface area contributed by atoms with Gasteiger partial charge < -0.3 is 15.1 Å². The van der Waals surface area contributed by atoms with Gasteiger partial charge in [0, 0.05) is 18.7 Å². The fourth-order valence-corrected chi connectivity index (χ4v) is 2.54. The molecule has 1 aromatic heterocycles. The molecular weight excluding hydrogens is 347 g/mol. The van der Waals surface area contributed by atoms with Gasteiger partial charge in [-0.2, -0.15) is 0 Å². The molecule has 0 aliphatic rings. The maximum atomic E-state index is 13.5. The molecule has 0 spiro atoms. The summed E-state index contributed by atoms with van der Waals surface area (Å²) >= 11 is 0. The van der Waals surface area contributed by atoms with Crippen LogP contribution in [-0.4, -0.2) is 11.8 Å². The second-order valence-corrected chi connectivity index (χ2v) is 6.00. The van der Waals surface area contributed by atoms with Crippen LogP contribution in [0.25, 0.3) is 0 Å². The Hall–Kier alpha value is -3.41. The number of amides is 2. The van der Waals surface area contributed by atoms with E-state index in [-0.39, 0.29) is 29.8 Å². The zero-order chi connectivity index (χ0) is 19.1. The van der Waals surface area contributed by atoms with Gasteiger partial charge in [0.25, 0.3) is 5.91 Å². The molecule has 3 aromatic rings. The Morgan fingerprint density at radius 3 is 2.44 bits per heavy atom. The summed E-state index contributed by atoms with van der Waals surface area (Å²) < 4.78 is 18.6. The highest BCUT2D eigenvalue weighted by atomic mass is 19.1. The lowest BCUT2D eigenvalue weighted by molar-refractivity contribution is -0.121. The molecule has 0 aliphatic carbocycles. The lowest BCUT2D eigenvalue weighted by Crippen LogP contribution is -2.23. The summed E-state index contributed by atoms with van der Waals surface area (Å²) in [4.78, 5) is 23.8. The summed E-state index contributed by atoms with van der Waals surface area (Å²) in [6.45, 7) is 0.364. The van der Waals surface area contributed by atoms with Crippen LogP contribution in [0.2, 0.25) is 0 Å². The molecular formula is C21H19FN2O3. The maximum absolute atomic E-state index is 13.5. The van der Waals surface area contributed by atoms with E-state index in [1.165, 1.54) is 12.3 Å². The van der Waals surface area contributed by atoms with E-state index < -0.39 is 0 Å². The third-order valence-corrected chi connectivity index (χ3v) is 4.03. The van der Waals surface area contributed by atoms with Gasteiger partial charge in [0.15, 0.2) is 5.76 Å². The van der Waals surface area contributed by atoms with Gasteiger partial charge in [-0.1, -0.05) is 30.3 Å². The van der Waals surface area contributed by atoms with Crippen molar-refractivity contribution >= 4 is 17.5 Å². The number of aryl methyl sites for hydroxylation is 1. The summed E-state index contributed by atoms with van der Waals surface area (Å²) in [5.41, 5.74) is 2.06. The Balaban J connectivity index is 1.45. The van der Waals surface area contributed by atoms with Gasteiger partial charge in [0.2, 0.25) is 5.91 Å². The molecule has 3 rings (SSSR count). The molecule has 2 amide bonds. The van der Waals surface area contributed by atoms with Crippen molar-refractivity contribution < 1.29 is 18.4 Å². The lowest BCUT2D eigenvalue weighted by Gasteiger charge is -2.08. The minimum Gasteiger partial charge on any atom is -0.459 e. The van der Waals surface area contributed by atoms with Crippen LogP contribution >= 0.6 is 0 Å². The minimum atomic E-state index is -0.325. The largest absolute Gasteiger partial charge is 0.459 e. The topological polar surface area (TPSA) is 71.3 Å². The molecule has 0 fully saturated rings. The predicted molar refractivity (Wildman–Crippen MR) is 99.7 cm³/mol. The summed E-state index contributed by atoms with van der Waals surface area (Å²) in [5.74, 6) is -0.527. The molecule has 0 atom stereocenters. The summed E-state index contributed by atoms with van der Waals surface area (Å²) in [6, 6.07) is 16.8. The van der Waals surface area contributed by atoms with Crippen molar-refractivity contribution in [3.05, 3.63) is 89.6 Å². The number of carbonyl (C=O) groups is 2. The Kier molecular flexibility index (Phi) is 5.99. The van der Waals surface area contributed by atoms with Crippen LogP contribution in [0.3, 0.4) is 0 Å². The molecule has 0 bridgehead atoms. The van der Waals surface area contributed by atoms with E-state index in [9.17, 15) is 14.0 Å². The van der Waals surface area contributed by atoms with Gasteiger partial charge in [0.05, 0.1) is 6.26 Å². The van der Waals surface area contributed by atoms with E-state index >= 15 is 0 Å². The van der Waals surface area contributed by atoms with E-state index in [1.54, 1.807) is 42.5 Å². The van der Waals surface area contributed by atoms with Crippen LogP contribution in [0.15, 0.2) is 71.3 Å². The molecule has 1 heterocycles. The smallest absolute Gasteiger partial charge is 0.291 e. The first kappa shape index (κ1) is 18.4. The molecule has 0 aliphatic heterocycles. The number of nitrogens with one attached hydrogen (secondary N) is 2. The SMILES string of the molecule is O=C(CCc1ccccc1F)NCc1ccc(NC(=O)c2ccco2)cc1. The van der Waals surface area contributed by atoms with Crippen LogP contribution in [0.5, 0.6) is 0 Å². The average molecular weight is 366 g/mol. The number of furan rings is 1. The molecule has 0 radical (unpaired) electrons. The van der Waals surface area contributed by atoms with Gasteiger partial charge in [-0.05, 0) is 47.9 Å². The molecule has 0 saturated carbocycles. The number of rotatable bonds is 7. The van der Waals surface area contributed by atoms with Crippen molar-refractivity contribution in [2.24, 2.45) is 0 Å². The van der Waals surface area contributed by atoms with Crippen LogP contribution in [0.4, 0.5) is 10.1 Å². The summed E-state index contributed by atoms with van der Waals surface area (Å²) in [7, 11) is 0. The second kappa shape index (κ2) is 8.80. The molecule has 6 heteroatoms. The van der Waals surface area contributed by atoms with Crippen molar-refractivity contribution in [2.75, 3.05) is 5.32 Å². The first-order chi connectivity index (χ1) is 13.1. The fourth-order valence-electron chi connectivity index (χ4n) is 2.54. The van der Waals surface area contributed by atoms with Crippen molar-refractivity contribution in [2.45, 2.75) is 19.4 Å². The maximum Gasteiger partial charge on any atom is 0.291 e. The van der Waals surface area contributed by atoms with Gasteiger partial charge in [-0.15, -0.1) is 0 Å². The fraction of sp³-hybridized carbons (Fsp3) is 0.143. The van der Waals surface area contributed by atoms with Gasteiger partial charge >= 0.3 is 0 Å². The quantitative estimate of drug-likeness (QED) is 0.666. The first-order valence-corrected chi connectivity index (χ1v) is 8.56. The van der Waals surface area contributed by atoms with Crippen LogP contribution in [-0.2, 0) is 17.8 Å². The summed E-state index contributed by atoms with van der Waals surface area (Å²) in [6.07, 6.45) is 2.02. The van der Waals surface area contributed by atoms with E-state index in [4.69, 9.17) is 4.42 Å². The number of hydrogen-bond donors (Lipinski definition) is 2. The third-order valence-electron chi connectivity index (χ3n) is 4.03. The Morgan fingerprint density at radius 1 is 0.963 bits per heavy atom. The number of hydrogen-bond acceptors (Lipinski definition) is 3. The number of carbonyl (C=O) groups excluding carboxylic acids is 2. The predicted octanol–water partition coefficient (Wildman–Crippen LogP) is 3.92. The Morgan fingerprint density at radius 2 is 1.74 bits per heavy atom. The van der Waals surface area contributed by atoms with E-state index in [1.807, 2.05) is 12.1 Å². The second-order valence-electron chi connectivity index (χ2n) is 6.00. The van der Waals surface area contributed by atoms with E-state index in [0.717, 1.165) is 5.56 Å². The minimum absolute atomic E-state index is 0.145. The molecule has 2 N–H and O–H groups in total. The zero-order valence-corrected chi connectivity index (χ0v) is 14.6. The van der Waals surface area contributed by atoms with Crippen molar-refractivity contribution in [3.8, 4) is 0 Å². The Labute approximate surface area is 156 Å².